The average Bonchev–Trinajstić information content (AvgIpc) is 2.76. The van der Waals surface area contributed by atoms with Crippen LogP contribution in [0.5, 0.6) is 0 Å². The predicted molar refractivity (Wildman–Crippen MR) is 118 cm³/mol. The Morgan fingerprint density at radius 1 is 1.14 bits per heavy atom. The molecule has 0 amide bonds. The van der Waals surface area contributed by atoms with E-state index in [2.05, 4.69) is 20.9 Å². The Bertz CT molecular complexity index is 804. The fourth-order valence-corrected chi connectivity index (χ4v) is 4.37. The van der Waals surface area contributed by atoms with Crippen molar-refractivity contribution < 1.29 is 5.11 Å². The largest absolute Gasteiger partial charge is 0.393 e. The number of aromatic nitrogens is 2. The summed E-state index contributed by atoms with van der Waals surface area (Å²) >= 11 is 6.45. The van der Waals surface area contributed by atoms with Gasteiger partial charge in [-0.3, -0.25) is 0 Å². The molecule has 1 unspecified atom stereocenters. The monoisotopic (exact) mass is 415 g/mol. The van der Waals surface area contributed by atoms with Gasteiger partial charge in [0.1, 0.15) is 11.6 Å². The Hall–Kier alpha value is -1.89. The molecule has 4 rings (SSSR count). The van der Waals surface area contributed by atoms with Crippen LogP contribution in [0.4, 0.5) is 11.6 Å². The van der Waals surface area contributed by atoms with Gasteiger partial charge in [-0.15, -0.1) is 0 Å². The number of nitrogens with zero attached hydrogens (tertiary/aromatic N) is 2. The molecule has 0 radical (unpaired) electrons. The number of hydrogen-bond donors (Lipinski definition) is 4. The normalized spacial score (nSPS) is 24.8. The molecule has 3 heterocycles. The Labute approximate surface area is 177 Å². The van der Waals surface area contributed by atoms with Crippen LogP contribution in [0.15, 0.2) is 30.5 Å². The van der Waals surface area contributed by atoms with Crippen molar-refractivity contribution in [1.82, 2.24) is 15.3 Å². The second-order valence-corrected chi connectivity index (χ2v) is 8.61. The third kappa shape index (κ3) is 5.59. The van der Waals surface area contributed by atoms with Crippen LogP contribution in [0.2, 0.25) is 5.02 Å². The van der Waals surface area contributed by atoms with Crippen molar-refractivity contribution >= 4 is 23.2 Å². The van der Waals surface area contributed by atoms with E-state index in [1.807, 2.05) is 24.3 Å². The molecule has 1 aliphatic carbocycles. The van der Waals surface area contributed by atoms with Gasteiger partial charge in [0.15, 0.2) is 0 Å². The van der Waals surface area contributed by atoms with Gasteiger partial charge >= 0.3 is 0 Å². The smallest absolute Gasteiger partial charge is 0.126 e. The van der Waals surface area contributed by atoms with Crippen LogP contribution in [0.3, 0.4) is 0 Å². The van der Waals surface area contributed by atoms with E-state index in [4.69, 9.17) is 16.6 Å². The first-order valence-corrected chi connectivity index (χ1v) is 11.1. The molecule has 1 saturated heterocycles. The van der Waals surface area contributed by atoms with E-state index < -0.39 is 0 Å². The van der Waals surface area contributed by atoms with E-state index in [1.165, 1.54) is 12.8 Å². The molecule has 2 fully saturated rings. The Kier molecular flexibility index (Phi) is 6.85. The molecular formula is C22H30ClN5O. The summed E-state index contributed by atoms with van der Waals surface area (Å²) in [5.41, 5.74) is 1.72. The van der Waals surface area contributed by atoms with Crippen LogP contribution in [-0.4, -0.2) is 46.9 Å². The lowest BCUT2D eigenvalue weighted by atomic mass is 9.93. The molecule has 156 valence electrons. The summed E-state index contributed by atoms with van der Waals surface area (Å²) in [4.78, 5) is 9.22. The van der Waals surface area contributed by atoms with Crippen molar-refractivity contribution in [3.63, 3.8) is 0 Å². The topological polar surface area (TPSA) is 82.1 Å². The fourth-order valence-electron chi connectivity index (χ4n) is 4.17. The highest BCUT2D eigenvalue weighted by atomic mass is 35.5. The molecular weight excluding hydrogens is 386 g/mol. The summed E-state index contributed by atoms with van der Waals surface area (Å²) in [5, 5.41) is 20.7. The molecule has 0 aromatic carbocycles. The van der Waals surface area contributed by atoms with Crippen molar-refractivity contribution in [2.45, 2.75) is 50.7 Å². The highest BCUT2D eigenvalue weighted by molar-refractivity contribution is 6.33. The van der Waals surface area contributed by atoms with Crippen LogP contribution in [-0.2, 0) is 0 Å². The summed E-state index contributed by atoms with van der Waals surface area (Å²) in [6.45, 7) is 3.12. The van der Waals surface area contributed by atoms with Crippen molar-refractivity contribution in [2.24, 2.45) is 5.92 Å². The van der Waals surface area contributed by atoms with Gasteiger partial charge in [0.05, 0.1) is 16.8 Å². The number of aliphatic hydroxyl groups excluding tert-OH is 1. The molecule has 29 heavy (non-hydrogen) atoms. The molecule has 0 bridgehead atoms. The zero-order chi connectivity index (χ0) is 20.1. The van der Waals surface area contributed by atoms with Crippen LogP contribution >= 0.6 is 11.6 Å². The molecule has 6 nitrogen and oxygen atoms in total. The summed E-state index contributed by atoms with van der Waals surface area (Å²) < 4.78 is 0. The number of anilines is 2. The van der Waals surface area contributed by atoms with Gasteiger partial charge in [-0.2, -0.15) is 0 Å². The van der Waals surface area contributed by atoms with E-state index >= 15 is 0 Å². The number of pyridine rings is 2. The lowest BCUT2D eigenvalue weighted by Gasteiger charge is -2.26. The first kappa shape index (κ1) is 20.4. The van der Waals surface area contributed by atoms with Crippen LogP contribution in [0.1, 0.15) is 38.5 Å². The second kappa shape index (κ2) is 9.74. The third-order valence-electron chi connectivity index (χ3n) is 5.90. The number of nitrogens with one attached hydrogen (secondary N) is 3. The second-order valence-electron chi connectivity index (χ2n) is 8.20. The zero-order valence-electron chi connectivity index (χ0n) is 16.7. The van der Waals surface area contributed by atoms with E-state index in [-0.39, 0.29) is 6.10 Å². The third-order valence-corrected chi connectivity index (χ3v) is 6.20. The van der Waals surface area contributed by atoms with Gasteiger partial charge in [0.2, 0.25) is 0 Å². The molecule has 1 saturated carbocycles. The SMILES string of the molecule is OC1CCC(Nc2cc(-c3cccc(NCC4CCCNC4)n3)c(Cl)cn2)CC1. The minimum atomic E-state index is -0.161. The summed E-state index contributed by atoms with van der Waals surface area (Å²) in [6, 6.07) is 8.31. The zero-order valence-corrected chi connectivity index (χ0v) is 17.5. The maximum Gasteiger partial charge on any atom is 0.126 e. The first-order valence-electron chi connectivity index (χ1n) is 10.7. The summed E-state index contributed by atoms with van der Waals surface area (Å²) in [6.07, 6.45) is 7.60. The quantitative estimate of drug-likeness (QED) is 0.572. The average molecular weight is 416 g/mol. The lowest BCUT2D eigenvalue weighted by molar-refractivity contribution is 0.126. The molecule has 1 atom stereocenters. The Morgan fingerprint density at radius 3 is 2.79 bits per heavy atom. The highest BCUT2D eigenvalue weighted by Crippen LogP contribution is 2.30. The van der Waals surface area contributed by atoms with Crippen LogP contribution < -0.4 is 16.0 Å². The summed E-state index contributed by atoms with van der Waals surface area (Å²) in [7, 11) is 0. The minimum Gasteiger partial charge on any atom is -0.393 e. The van der Waals surface area contributed by atoms with Crippen molar-refractivity contribution in [2.75, 3.05) is 30.3 Å². The van der Waals surface area contributed by atoms with E-state index in [9.17, 15) is 5.11 Å². The fraction of sp³-hybridized carbons (Fsp3) is 0.545. The maximum absolute atomic E-state index is 9.70. The van der Waals surface area contributed by atoms with Gasteiger partial charge in [0, 0.05) is 24.3 Å². The Balaban J connectivity index is 1.44. The van der Waals surface area contributed by atoms with Gasteiger partial charge in [-0.05, 0) is 75.7 Å². The van der Waals surface area contributed by atoms with Gasteiger partial charge in [-0.1, -0.05) is 17.7 Å². The standard InChI is InChI=1S/C22H30ClN5O/c23-19-14-26-22(27-16-6-8-17(29)9-7-16)11-18(19)20-4-1-5-21(28-20)25-13-15-3-2-10-24-12-15/h1,4-5,11,14-17,24,29H,2-3,6-10,12-13H2,(H,25,28)(H,26,27). The number of aliphatic hydroxyl groups is 1. The molecule has 4 N–H and O–H groups in total. The van der Waals surface area contributed by atoms with Crippen LogP contribution in [0, 0.1) is 5.92 Å². The van der Waals surface area contributed by atoms with Crippen LogP contribution in [0.25, 0.3) is 11.3 Å². The summed E-state index contributed by atoms with van der Waals surface area (Å²) in [5.74, 6) is 2.32. The number of piperidine rings is 1. The molecule has 2 aromatic rings. The predicted octanol–water partition coefficient (Wildman–Crippen LogP) is 3.92. The van der Waals surface area contributed by atoms with Gasteiger partial charge in [-0.25, -0.2) is 9.97 Å². The van der Waals surface area contributed by atoms with Gasteiger partial charge < -0.3 is 21.1 Å². The van der Waals surface area contributed by atoms with E-state index in [0.717, 1.165) is 68.2 Å². The number of rotatable bonds is 6. The Morgan fingerprint density at radius 2 is 2.00 bits per heavy atom. The first-order chi connectivity index (χ1) is 14.2. The molecule has 2 aliphatic rings. The minimum absolute atomic E-state index is 0.161. The van der Waals surface area contributed by atoms with E-state index in [0.29, 0.717) is 17.0 Å². The maximum atomic E-state index is 9.70. The van der Waals surface area contributed by atoms with E-state index in [1.54, 1.807) is 6.20 Å². The van der Waals surface area contributed by atoms with Gasteiger partial charge in [0.25, 0.3) is 0 Å². The van der Waals surface area contributed by atoms with Crippen molar-refractivity contribution in [3.05, 3.63) is 35.5 Å². The van der Waals surface area contributed by atoms with Crippen molar-refractivity contribution in [1.29, 1.82) is 0 Å². The molecule has 0 spiro atoms. The molecule has 1 aliphatic heterocycles. The molecule has 7 heteroatoms. The number of hydrogen-bond acceptors (Lipinski definition) is 6. The number of halogens is 1. The van der Waals surface area contributed by atoms with Crippen molar-refractivity contribution in [3.8, 4) is 11.3 Å². The highest BCUT2D eigenvalue weighted by Gasteiger charge is 2.20. The lowest BCUT2D eigenvalue weighted by Crippen LogP contribution is -2.33. The molecule has 2 aromatic heterocycles.